The number of rotatable bonds is 7. The molecule has 1 aliphatic heterocycles. The van der Waals surface area contributed by atoms with E-state index in [1.54, 1.807) is 0 Å². The first-order valence-electron chi connectivity index (χ1n) is 13.3. The van der Waals surface area contributed by atoms with Gasteiger partial charge in [0.1, 0.15) is 17.8 Å². The Hall–Kier alpha value is -3.46. The maximum Gasteiger partial charge on any atom is 0.253 e. The van der Waals surface area contributed by atoms with Crippen molar-refractivity contribution in [2.75, 3.05) is 50.9 Å². The first-order chi connectivity index (χ1) is 17.9. The number of amides is 1. The van der Waals surface area contributed by atoms with Gasteiger partial charge in [0.05, 0.1) is 5.54 Å². The van der Waals surface area contributed by atoms with Crippen LogP contribution in [0.15, 0.2) is 36.5 Å². The molecule has 196 valence electrons. The maximum absolute atomic E-state index is 12.9. The molecule has 1 saturated carbocycles. The standard InChI is InChI=1S/C28H37N7O2/c1-20(19-36)28(11-5-4-6-12-28)35-24(29-2)17-22-18-30-27(32-25(22)35)31-23-9-7-21(8-10-23)26(37)34-15-13-33(3)14-16-34/h7-10,17-20,29H,4-6,11-16H2,1-3H3,(H,30,31,32). The molecule has 1 atom stereocenters. The summed E-state index contributed by atoms with van der Waals surface area (Å²) in [4.78, 5) is 38.5. The first kappa shape index (κ1) is 25.2. The predicted octanol–water partition coefficient (Wildman–Crippen LogP) is 4.10. The zero-order chi connectivity index (χ0) is 26.0. The minimum Gasteiger partial charge on any atom is -0.374 e. The van der Waals surface area contributed by atoms with Crippen LogP contribution in [0.25, 0.3) is 11.0 Å². The van der Waals surface area contributed by atoms with E-state index in [-0.39, 0.29) is 17.4 Å². The Morgan fingerprint density at radius 3 is 2.43 bits per heavy atom. The normalized spacial score (nSPS) is 18.9. The second kappa shape index (κ2) is 10.5. The van der Waals surface area contributed by atoms with E-state index in [1.807, 2.05) is 49.3 Å². The lowest BCUT2D eigenvalue weighted by molar-refractivity contribution is -0.114. The molecule has 1 unspecified atom stereocenters. The van der Waals surface area contributed by atoms with Crippen molar-refractivity contribution in [2.24, 2.45) is 5.92 Å². The van der Waals surface area contributed by atoms with E-state index >= 15 is 0 Å². The number of fused-ring (bicyclic) bond motifs is 1. The fourth-order valence-corrected chi connectivity index (χ4v) is 5.87. The molecule has 0 bridgehead atoms. The summed E-state index contributed by atoms with van der Waals surface area (Å²) in [5.74, 6) is 1.37. The third-order valence-corrected chi connectivity index (χ3v) is 8.19. The van der Waals surface area contributed by atoms with Gasteiger partial charge in [-0.25, -0.2) is 4.98 Å². The maximum atomic E-state index is 12.9. The second-order valence-corrected chi connectivity index (χ2v) is 10.5. The van der Waals surface area contributed by atoms with Crippen LogP contribution in [0.1, 0.15) is 49.4 Å². The van der Waals surface area contributed by atoms with Crippen LogP contribution in [0.3, 0.4) is 0 Å². The Labute approximate surface area is 218 Å². The molecule has 1 aliphatic carbocycles. The van der Waals surface area contributed by atoms with Crippen molar-refractivity contribution in [3.8, 4) is 0 Å². The molecule has 2 aromatic heterocycles. The molecule has 3 heterocycles. The Morgan fingerprint density at radius 2 is 1.78 bits per heavy atom. The van der Waals surface area contributed by atoms with Gasteiger partial charge in [0.15, 0.2) is 0 Å². The van der Waals surface area contributed by atoms with Gasteiger partial charge in [-0.1, -0.05) is 26.2 Å². The highest BCUT2D eigenvalue weighted by molar-refractivity contribution is 5.94. The third-order valence-electron chi connectivity index (χ3n) is 8.19. The number of anilines is 3. The van der Waals surface area contributed by atoms with E-state index in [9.17, 15) is 9.59 Å². The SMILES string of the molecule is CNc1cc2cnc(Nc3ccc(C(=O)N4CCN(C)CC4)cc3)nc2n1C1(C(C)C=O)CCCCC1. The first-order valence-corrected chi connectivity index (χ1v) is 13.3. The molecule has 9 heteroatoms. The predicted molar refractivity (Wildman–Crippen MR) is 146 cm³/mol. The number of hydrogen-bond acceptors (Lipinski definition) is 7. The quantitative estimate of drug-likeness (QED) is 0.469. The zero-order valence-electron chi connectivity index (χ0n) is 22.0. The molecule has 0 spiro atoms. The number of hydrogen-bond donors (Lipinski definition) is 2. The van der Waals surface area contributed by atoms with Crippen molar-refractivity contribution in [3.05, 3.63) is 42.1 Å². The number of likely N-dealkylation sites (N-methyl/N-ethyl adjacent to an activating group) is 1. The highest BCUT2D eigenvalue weighted by Crippen LogP contribution is 2.44. The Bertz CT molecular complexity index is 1260. The van der Waals surface area contributed by atoms with Gasteiger partial charge in [0, 0.05) is 62.0 Å². The van der Waals surface area contributed by atoms with Crippen LogP contribution in [0.5, 0.6) is 0 Å². The van der Waals surface area contributed by atoms with Crippen molar-refractivity contribution < 1.29 is 9.59 Å². The van der Waals surface area contributed by atoms with Crippen LogP contribution in [-0.2, 0) is 10.3 Å². The highest BCUT2D eigenvalue weighted by Gasteiger charge is 2.41. The number of benzene rings is 1. The number of piperazine rings is 1. The summed E-state index contributed by atoms with van der Waals surface area (Å²) in [6, 6.07) is 9.56. The van der Waals surface area contributed by atoms with Crippen LogP contribution in [0.2, 0.25) is 0 Å². The molecule has 2 N–H and O–H groups in total. The molecule has 3 aromatic rings. The van der Waals surface area contributed by atoms with Crippen molar-refractivity contribution in [1.82, 2.24) is 24.3 Å². The summed E-state index contributed by atoms with van der Waals surface area (Å²) in [5.41, 5.74) is 2.01. The number of carbonyl (C=O) groups is 2. The van der Waals surface area contributed by atoms with Gasteiger partial charge >= 0.3 is 0 Å². The van der Waals surface area contributed by atoms with Crippen LogP contribution in [0.4, 0.5) is 17.5 Å². The van der Waals surface area contributed by atoms with E-state index < -0.39 is 0 Å². The molecule has 1 saturated heterocycles. The molecular formula is C28H37N7O2. The number of aldehydes is 1. The monoisotopic (exact) mass is 503 g/mol. The Kier molecular flexibility index (Phi) is 7.15. The Balaban J connectivity index is 1.42. The number of aromatic nitrogens is 3. The van der Waals surface area contributed by atoms with Gasteiger partial charge in [-0.15, -0.1) is 0 Å². The Morgan fingerprint density at radius 1 is 1.08 bits per heavy atom. The van der Waals surface area contributed by atoms with Crippen molar-refractivity contribution in [1.29, 1.82) is 0 Å². The number of carbonyl (C=O) groups excluding carboxylic acids is 2. The van der Waals surface area contributed by atoms with Gasteiger partial charge in [-0.3, -0.25) is 4.79 Å². The molecule has 37 heavy (non-hydrogen) atoms. The van der Waals surface area contributed by atoms with Crippen molar-refractivity contribution >= 4 is 40.7 Å². The topological polar surface area (TPSA) is 95.4 Å². The van der Waals surface area contributed by atoms with E-state index in [0.717, 1.165) is 80.7 Å². The van der Waals surface area contributed by atoms with Crippen molar-refractivity contribution in [3.63, 3.8) is 0 Å². The molecule has 9 nitrogen and oxygen atoms in total. The van der Waals surface area contributed by atoms with Gasteiger partial charge in [0.2, 0.25) is 5.95 Å². The molecule has 0 radical (unpaired) electrons. The average Bonchev–Trinajstić information content (AvgIpc) is 3.32. The minimum absolute atomic E-state index is 0.0665. The summed E-state index contributed by atoms with van der Waals surface area (Å²) < 4.78 is 2.24. The lowest BCUT2D eigenvalue weighted by Crippen LogP contribution is -2.47. The number of nitrogens with zero attached hydrogens (tertiary/aromatic N) is 5. The minimum atomic E-state index is -0.309. The number of nitrogens with one attached hydrogen (secondary N) is 2. The lowest BCUT2D eigenvalue weighted by Gasteiger charge is -2.43. The largest absolute Gasteiger partial charge is 0.374 e. The summed E-state index contributed by atoms with van der Waals surface area (Å²) in [7, 11) is 3.99. The molecule has 1 aromatic carbocycles. The second-order valence-electron chi connectivity index (χ2n) is 10.5. The van der Waals surface area contributed by atoms with Gasteiger partial charge in [-0.05, 0) is 50.2 Å². The van der Waals surface area contributed by atoms with Crippen LogP contribution < -0.4 is 10.6 Å². The summed E-state index contributed by atoms with van der Waals surface area (Å²) in [6.45, 7) is 5.32. The lowest BCUT2D eigenvalue weighted by atomic mass is 9.73. The van der Waals surface area contributed by atoms with Gasteiger partial charge in [-0.2, -0.15) is 4.98 Å². The summed E-state index contributed by atoms with van der Waals surface area (Å²) in [5, 5.41) is 7.56. The molecule has 1 amide bonds. The van der Waals surface area contributed by atoms with Crippen molar-refractivity contribution in [2.45, 2.75) is 44.6 Å². The fourth-order valence-electron chi connectivity index (χ4n) is 5.87. The average molecular weight is 504 g/mol. The van der Waals surface area contributed by atoms with Crippen LogP contribution in [0, 0.1) is 5.92 Å². The summed E-state index contributed by atoms with van der Waals surface area (Å²) in [6.07, 6.45) is 8.18. The van der Waals surface area contributed by atoms with E-state index in [2.05, 4.69) is 38.2 Å². The molecule has 5 rings (SSSR count). The highest BCUT2D eigenvalue weighted by atomic mass is 16.2. The summed E-state index contributed by atoms with van der Waals surface area (Å²) >= 11 is 0. The molecule has 2 aliphatic rings. The fraction of sp³-hybridized carbons (Fsp3) is 0.500. The smallest absolute Gasteiger partial charge is 0.253 e. The molecular weight excluding hydrogens is 466 g/mol. The van der Waals surface area contributed by atoms with E-state index in [1.165, 1.54) is 6.42 Å². The van der Waals surface area contributed by atoms with Crippen LogP contribution in [-0.4, -0.2) is 76.8 Å². The van der Waals surface area contributed by atoms with E-state index in [4.69, 9.17) is 4.98 Å². The molecule has 2 fully saturated rings. The van der Waals surface area contributed by atoms with E-state index in [0.29, 0.717) is 11.5 Å². The van der Waals surface area contributed by atoms with Crippen LogP contribution >= 0.6 is 0 Å². The van der Waals surface area contributed by atoms with Gasteiger partial charge in [0.25, 0.3) is 5.91 Å². The zero-order valence-corrected chi connectivity index (χ0v) is 22.0. The van der Waals surface area contributed by atoms with Gasteiger partial charge < -0.3 is 29.8 Å². The third kappa shape index (κ3) is 4.80.